The molecule has 0 saturated carbocycles. The molecule has 15 heavy (non-hydrogen) atoms. The molecule has 2 heterocycles. The van der Waals surface area contributed by atoms with Crippen LogP contribution in [0.2, 0.25) is 0 Å². The molecule has 0 amide bonds. The normalized spacial score (nSPS) is 21.5. The van der Waals surface area contributed by atoms with Crippen LogP contribution in [0.5, 0.6) is 0 Å². The van der Waals surface area contributed by atoms with E-state index in [2.05, 4.69) is 10.3 Å². The van der Waals surface area contributed by atoms with Crippen LogP contribution in [0.1, 0.15) is 16.9 Å². The van der Waals surface area contributed by atoms with Crippen LogP contribution in [0.15, 0.2) is 12.5 Å². The maximum Gasteiger partial charge on any atom is 0.184 e. The van der Waals surface area contributed by atoms with Crippen LogP contribution in [0, 0.1) is 0 Å². The van der Waals surface area contributed by atoms with E-state index in [9.17, 15) is 4.79 Å². The van der Waals surface area contributed by atoms with E-state index in [1.54, 1.807) is 17.1 Å². The van der Waals surface area contributed by atoms with Gasteiger partial charge < -0.3 is 9.88 Å². The molecule has 4 nitrogen and oxygen atoms in total. The molecule has 2 rings (SSSR count). The Labute approximate surface area is 93.5 Å². The fraction of sp³-hybridized carbons (Fsp3) is 0.600. The zero-order valence-corrected chi connectivity index (χ0v) is 9.59. The Hall–Kier alpha value is -0.810. The summed E-state index contributed by atoms with van der Waals surface area (Å²) in [6.07, 6.45) is 4.00. The number of hydrogen-bond acceptors (Lipinski definition) is 4. The number of Topliss-reactive ketones (excluding diaryl/α,β-unsaturated/α-hetero) is 1. The van der Waals surface area contributed by atoms with Crippen LogP contribution in [0.3, 0.4) is 0 Å². The van der Waals surface area contributed by atoms with Crippen LogP contribution in [-0.4, -0.2) is 39.4 Å². The average molecular weight is 225 g/mol. The quantitative estimate of drug-likeness (QED) is 0.769. The third-order valence-electron chi connectivity index (χ3n) is 2.42. The van der Waals surface area contributed by atoms with E-state index in [4.69, 9.17) is 0 Å². The molecule has 1 atom stereocenters. The highest BCUT2D eigenvalue weighted by molar-refractivity contribution is 7.99. The first-order valence-corrected chi connectivity index (χ1v) is 6.23. The number of nitrogens with zero attached hydrogens (tertiary/aromatic N) is 2. The van der Waals surface area contributed by atoms with Gasteiger partial charge in [-0.3, -0.25) is 4.79 Å². The van der Waals surface area contributed by atoms with Crippen LogP contribution in [0.4, 0.5) is 0 Å². The first-order chi connectivity index (χ1) is 7.25. The predicted molar refractivity (Wildman–Crippen MR) is 61.3 cm³/mol. The second-order valence-corrected chi connectivity index (χ2v) is 4.93. The number of carbonyl (C=O) groups excluding carboxylic acids is 1. The van der Waals surface area contributed by atoms with Crippen molar-refractivity contribution in [1.82, 2.24) is 14.9 Å². The van der Waals surface area contributed by atoms with E-state index >= 15 is 0 Å². The number of aromatic nitrogens is 2. The summed E-state index contributed by atoms with van der Waals surface area (Å²) in [7, 11) is 1.87. The molecule has 0 aromatic carbocycles. The summed E-state index contributed by atoms with van der Waals surface area (Å²) in [5, 5.41) is 3.35. The molecular weight excluding hydrogens is 210 g/mol. The Balaban J connectivity index is 1.91. The van der Waals surface area contributed by atoms with Gasteiger partial charge in [0.1, 0.15) is 5.69 Å². The minimum Gasteiger partial charge on any atom is -0.340 e. The number of ketones is 1. The molecule has 1 aromatic rings. The van der Waals surface area contributed by atoms with Gasteiger partial charge in [-0.1, -0.05) is 0 Å². The summed E-state index contributed by atoms with van der Waals surface area (Å²) in [4.78, 5) is 15.9. The smallest absolute Gasteiger partial charge is 0.184 e. The lowest BCUT2D eigenvalue weighted by atomic mass is 10.1. The zero-order valence-electron chi connectivity index (χ0n) is 8.77. The molecule has 0 aliphatic carbocycles. The van der Waals surface area contributed by atoms with E-state index in [-0.39, 0.29) is 5.78 Å². The maximum absolute atomic E-state index is 11.8. The van der Waals surface area contributed by atoms with E-state index < -0.39 is 0 Å². The molecule has 0 radical (unpaired) electrons. The van der Waals surface area contributed by atoms with Crippen LogP contribution >= 0.6 is 11.8 Å². The monoisotopic (exact) mass is 225 g/mol. The van der Waals surface area contributed by atoms with Crippen LogP contribution in [-0.2, 0) is 7.05 Å². The SMILES string of the molecule is Cn1cnc(C(=O)CC2CSCCN2)c1. The Morgan fingerprint density at radius 1 is 1.80 bits per heavy atom. The minimum atomic E-state index is 0.135. The van der Waals surface area contributed by atoms with Gasteiger partial charge in [0.25, 0.3) is 0 Å². The number of carbonyl (C=O) groups is 1. The number of nitrogens with one attached hydrogen (secondary N) is 1. The fourth-order valence-electron chi connectivity index (χ4n) is 1.64. The van der Waals surface area contributed by atoms with Gasteiger partial charge in [0.15, 0.2) is 5.78 Å². The lowest BCUT2D eigenvalue weighted by molar-refractivity contribution is 0.0967. The van der Waals surface area contributed by atoms with Gasteiger partial charge in [0, 0.05) is 43.8 Å². The Kier molecular flexibility index (Phi) is 3.43. The molecule has 1 aliphatic heterocycles. The van der Waals surface area contributed by atoms with Crippen molar-refractivity contribution in [2.24, 2.45) is 7.05 Å². The van der Waals surface area contributed by atoms with Gasteiger partial charge in [-0.05, 0) is 0 Å². The lowest BCUT2D eigenvalue weighted by Crippen LogP contribution is -2.38. The maximum atomic E-state index is 11.8. The van der Waals surface area contributed by atoms with E-state index in [0.29, 0.717) is 18.2 Å². The van der Waals surface area contributed by atoms with Crippen molar-refractivity contribution in [1.29, 1.82) is 0 Å². The van der Waals surface area contributed by atoms with Crippen molar-refractivity contribution in [2.45, 2.75) is 12.5 Å². The Morgan fingerprint density at radius 3 is 3.27 bits per heavy atom. The van der Waals surface area contributed by atoms with Crippen molar-refractivity contribution in [3.63, 3.8) is 0 Å². The zero-order chi connectivity index (χ0) is 10.7. The van der Waals surface area contributed by atoms with Crippen molar-refractivity contribution in [2.75, 3.05) is 18.1 Å². The molecule has 82 valence electrons. The van der Waals surface area contributed by atoms with Gasteiger partial charge >= 0.3 is 0 Å². The van der Waals surface area contributed by atoms with E-state index in [1.165, 1.54) is 0 Å². The van der Waals surface area contributed by atoms with Crippen molar-refractivity contribution in [3.05, 3.63) is 18.2 Å². The number of thioether (sulfide) groups is 1. The van der Waals surface area contributed by atoms with Crippen LogP contribution in [0.25, 0.3) is 0 Å². The predicted octanol–water partition coefficient (Wildman–Crippen LogP) is 0.698. The average Bonchev–Trinajstić information content (AvgIpc) is 2.66. The third-order valence-corrected chi connectivity index (χ3v) is 3.55. The highest BCUT2D eigenvalue weighted by atomic mass is 32.2. The summed E-state index contributed by atoms with van der Waals surface area (Å²) in [6, 6.07) is 0.318. The standard InChI is InChI=1S/C10H15N3OS/c1-13-5-9(12-7-13)10(14)4-8-6-15-3-2-11-8/h5,7-8,11H,2-4,6H2,1H3. The second-order valence-electron chi connectivity index (χ2n) is 3.78. The molecule has 1 aromatic heterocycles. The summed E-state index contributed by atoms with van der Waals surface area (Å²) in [5.41, 5.74) is 0.579. The van der Waals surface area contributed by atoms with Crippen molar-refractivity contribution < 1.29 is 4.79 Å². The van der Waals surface area contributed by atoms with Gasteiger partial charge in [-0.15, -0.1) is 0 Å². The lowest BCUT2D eigenvalue weighted by Gasteiger charge is -2.21. The van der Waals surface area contributed by atoms with E-state index in [0.717, 1.165) is 18.1 Å². The summed E-state index contributed by atoms with van der Waals surface area (Å²) < 4.78 is 1.80. The first kappa shape index (κ1) is 10.7. The molecule has 1 aliphatic rings. The minimum absolute atomic E-state index is 0.135. The highest BCUT2D eigenvalue weighted by Gasteiger charge is 2.18. The second kappa shape index (κ2) is 4.81. The van der Waals surface area contributed by atoms with Gasteiger partial charge in [-0.25, -0.2) is 4.98 Å². The summed E-state index contributed by atoms with van der Waals surface area (Å²) >= 11 is 1.91. The molecular formula is C10H15N3OS. The topological polar surface area (TPSA) is 46.9 Å². The molecule has 5 heteroatoms. The largest absolute Gasteiger partial charge is 0.340 e. The molecule has 1 N–H and O–H groups in total. The van der Waals surface area contributed by atoms with Gasteiger partial charge in [-0.2, -0.15) is 11.8 Å². The number of rotatable bonds is 3. The number of hydrogen-bond donors (Lipinski definition) is 1. The molecule has 0 spiro atoms. The Morgan fingerprint density at radius 2 is 2.67 bits per heavy atom. The fourth-order valence-corrected chi connectivity index (χ4v) is 2.59. The Bertz CT molecular complexity index is 344. The molecule has 1 saturated heterocycles. The molecule has 1 unspecified atom stereocenters. The first-order valence-electron chi connectivity index (χ1n) is 5.08. The van der Waals surface area contributed by atoms with E-state index in [1.807, 2.05) is 18.8 Å². The van der Waals surface area contributed by atoms with Gasteiger partial charge in [0.2, 0.25) is 0 Å². The number of imidazole rings is 1. The van der Waals surface area contributed by atoms with Crippen LogP contribution < -0.4 is 5.32 Å². The summed E-state index contributed by atoms with van der Waals surface area (Å²) in [6.45, 7) is 1.00. The number of aryl methyl sites for hydroxylation is 1. The summed E-state index contributed by atoms with van der Waals surface area (Å²) in [5.74, 6) is 2.31. The van der Waals surface area contributed by atoms with Gasteiger partial charge in [0.05, 0.1) is 6.33 Å². The van der Waals surface area contributed by atoms with Crippen molar-refractivity contribution in [3.8, 4) is 0 Å². The van der Waals surface area contributed by atoms with Crippen molar-refractivity contribution >= 4 is 17.5 Å². The third kappa shape index (κ3) is 2.82. The molecule has 1 fully saturated rings. The highest BCUT2D eigenvalue weighted by Crippen LogP contribution is 2.12. The molecule has 0 bridgehead atoms.